The Hall–Kier alpha value is -2.01. The van der Waals surface area contributed by atoms with E-state index in [1.165, 1.54) is 6.21 Å². The van der Waals surface area contributed by atoms with E-state index in [0.717, 1.165) is 11.3 Å². The Balaban J connectivity index is 0.000000621. The van der Waals surface area contributed by atoms with Crippen molar-refractivity contribution in [1.29, 1.82) is 0 Å². The lowest BCUT2D eigenvalue weighted by Gasteiger charge is -2.11. The molecule has 0 bridgehead atoms. The van der Waals surface area contributed by atoms with Crippen LogP contribution >= 0.6 is 0 Å². The minimum Gasteiger partial charge on any atom is -0.378 e. The molecular formula is C10H16N4O5S. The predicted octanol–water partition coefficient (Wildman–Crippen LogP) is 0.102. The first kappa shape index (κ1) is 18.0. The van der Waals surface area contributed by atoms with Crippen LogP contribution in [0.5, 0.6) is 0 Å². The highest BCUT2D eigenvalue weighted by molar-refractivity contribution is 7.79. The second-order valence-corrected chi connectivity index (χ2v) is 4.54. The molecule has 1 aromatic carbocycles. The molecule has 0 aromatic heterocycles. The zero-order valence-electron chi connectivity index (χ0n) is 10.9. The third-order valence-corrected chi connectivity index (χ3v) is 1.86. The van der Waals surface area contributed by atoms with Crippen LogP contribution in [0.2, 0.25) is 0 Å². The van der Waals surface area contributed by atoms with Gasteiger partial charge in [-0.05, 0) is 17.7 Å². The number of rotatable bonds is 2. The Kier molecular flexibility index (Phi) is 7.39. The Morgan fingerprint density at radius 3 is 2.10 bits per heavy atom. The van der Waals surface area contributed by atoms with Crippen LogP contribution in [0.1, 0.15) is 5.56 Å². The molecule has 0 aliphatic rings. The smallest absolute Gasteiger partial charge is 0.378 e. The summed E-state index contributed by atoms with van der Waals surface area (Å²) in [5.41, 5.74) is 3.86. The molecule has 9 nitrogen and oxygen atoms in total. The molecule has 0 unspecified atom stereocenters. The van der Waals surface area contributed by atoms with Crippen LogP contribution in [0, 0.1) is 0 Å². The van der Waals surface area contributed by atoms with E-state index < -0.39 is 16.4 Å². The minimum absolute atomic E-state index is 0.563. The van der Waals surface area contributed by atoms with E-state index in [1.807, 2.05) is 48.7 Å². The van der Waals surface area contributed by atoms with Gasteiger partial charge in [-0.25, -0.2) is 15.6 Å². The van der Waals surface area contributed by atoms with E-state index in [1.54, 1.807) is 0 Å². The Morgan fingerprint density at radius 2 is 1.75 bits per heavy atom. The second-order valence-electron chi connectivity index (χ2n) is 3.64. The van der Waals surface area contributed by atoms with E-state index in [2.05, 4.69) is 4.99 Å². The molecule has 0 atom stereocenters. The number of aliphatic imine (C=N–C) groups is 1. The van der Waals surface area contributed by atoms with Gasteiger partial charge in [0.2, 0.25) is 0 Å². The van der Waals surface area contributed by atoms with Crippen LogP contribution in [0.25, 0.3) is 0 Å². The van der Waals surface area contributed by atoms with E-state index in [-0.39, 0.29) is 0 Å². The lowest BCUT2D eigenvalue weighted by atomic mass is 10.2. The first-order valence-corrected chi connectivity index (χ1v) is 6.55. The predicted molar refractivity (Wildman–Crippen MR) is 75.3 cm³/mol. The molecule has 0 saturated heterocycles. The number of nitrogens with two attached hydrogens (primary N) is 1. The standard InChI is InChI=1S/C10H14N4O.H2O4S/c1-14(2)9-5-3-8(4-6-9)7-12-10(15)13-11;1-5(2,3)4/h3-7H,11H2,1-2H3,(H,13,15);(H2,1,2,3,4). The van der Waals surface area contributed by atoms with Crippen LogP contribution in [0.3, 0.4) is 0 Å². The third kappa shape index (κ3) is 9.96. The van der Waals surface area contributed by atoms with Crippen LogP contribution in [-0.4, -0.2) is 43.9 Å². The number of hydrogen-bond acceptors (Lipinski definition) is 5. The van der Waals surface area contributed by atoms with Gasteiger partial charge in [-0.15, -0.1) is 0 Å². The van der Waals surface area contributed by atoms with Crippen molar-refractivity contribution in [3.63, 3.8) is 0 Å². The van der Waals surface area contributed by atoms with E-state index in [9.17, 15) is 4.79 Å². The average Bonchev–Trinajstić information content (AvgIpc) is 2.34. The fourth-order valence-electron chi connectivity index (χ4n) is 1.03. The van der Waals surface area contributed by atoms with Crippen molar-refractivity contribution in [2.75, 3.05) is 19.0 Å². The summed E-state index contributed by atoms with van der Waals surface area (Å²) in [6, 6.07) is 7.08. The minimum atomic E-state index is -4.67. The summed E-state index contributed by atoms with van der Waals surface area (Å²) in [6.07, 6.45) is 1.46. The molecule has 0 saturated carbocycles. The summed E-state index contributed by atoms with van der Waals surface area (Å²) in [6.45, 7) is 0. The van der Waals surface area contributed by atoms with E-state index in [4.69, 9.17) is 23.4 Å². The van der Waals surface area contributed by atoms with Gasteiger partial charge in [0.05, 0.1) is 0 Å². The lowest BCUT2D eigenvalue weighted by molar-refractivity contribution is 0.249. The van der Waals surface area contributed by atoms with Gasteiger partial charge >= 0.3 is 16.4 Å². The van der Waals surface area contributed by atoms with Crippen molar-refractivity contribution in [2.45, 2.75) is 0 Å². The monoisotopic (exact) mass is 304 g/mol. The maximum atomic E-state index is 10.7. The van der Waals surface area contributed by atoms with Crippen LogP contribution in [0.15, 0.2) is 29.3 Å². The molecule has 1 rings (SSSR count). The van der Waals surface area contributed by atoms with Gasteiger partial charge in [0.25, 0.3) is 0 Å². The molecule has 0 spiro atoms. The molecule has 1 aromatic rings. The average molecular weight is 304 g/mol. The summed E-state index contributed by atoms with van der Waals surface area (Å²) in [7, 11) is -0.740. The SMILES string of the molecule is CN(C)c1ccc(C=NC(=O)NN)cc1.O=S(=O)(O)O. The number of anilines is 1. The largest absolute Gasteiger partial charge is 0.394 e. The molecule has 2 amide bonds. The number of hydrogen-bond donors (Lipinski definition) is 4. The molecule has 10 heteroatoms. The first-order chi connectivity index (χ1) is 9.13. The van der Waals surface area contributed by atoms with Crippen LogP contribution < -0.4 is 16.2 Å². The number of nitrogens with zero attached hydrogens (tertiary/aromatic N) is 2. The molecule has 0 aliphatic heterocycles. The highest BCUT2D eigenvalue weighted by Crippen LogP contribution is 2.10. The topological polar surface area (TPSA) is 145 Å². The fraction of sp³-hybridized carbons (Fsp3) is 0.200. The van der Waals surface area contributed by atoms with Crippen molar-refractivity contribution in [1.82, 2.24) is 5.43 Å². The van der Waals surface area contributed by atoms with Crippen molar-refractivity contribution in [2.24, 2.45) is 10.8 Å². The number of amides is 2. The van der Waals surface area contributed by atoms with Gasteiger partial charge in [0.1, 0.15) is 0 Å². The lowest BCUT2D eigenvalue weighted by Crippen LogP contribution is -2.26. The second kappa shape index (κ2) is 8.22. The van der Waals surface area contributed by atoms with E-state index >= 15 is 0 Å². The Bertz CT molecular complexity index is 546. The fourth-order valence-corrected chi connectivity index (χ4v) is 1.03. The number of hydrazine groups is 1. The number of carbonyl (C=O) groups excluding carboxylic acids is 1. The van der Waals surface area contributed by atoms with E-state index in [0.29, 0.717) is 0 Å². The summed E-state index contributed by atoms with van der Waals surface area (Å²) < 4.78 is 31.6. The zero-order chi connectivity index (χ0) is 15.8. The number of benzene rings is 1. The van der Waals surface area contributed by atoms with Gasteiger partial charge in [0, 0.05) is 26.0 Å². The maximum Gasteiger partial charge on any atom is 0.394 e. The highest BCUT2D eigenvalue weighted by atomic mass is 32.3. The zero-order valence-corrected chi connectivity index (χ0v) is 11.7. The molecule has 5 N–H and O–H groups in total. The quantitative estimate of drug-likeness (QED) is 0.199. The molecule has 0 fully saturated rings. The van der Waals surface area contributed by atoms with Gasteiger partial charge < -0.3 is 4.90 Å². The van der Waals surface area contributed by atoms with Crippen molar-refractivity contribution >= 4 is 28.3 Å². The number of nitrogens with one attached hydrogen (secondary N) is 1. The van der Waals surface area contributed by atoms with Crippen molar-refractivity contribution < 1.29 is 22.3 Å². The Morgan fingerprint density at radius 1 is 1.30 bits per heavy atom. The highest BCUT2D eigenvalue weighted by Gasteiger charge is 1.95. The van der Waals surface area contributed by atoms with Crippen LogP contribution in [-0.2, 0) is 10.4 Å². The third-order valence-electron chi connectivity index (χ3n) is 1.86. The number of urea groups is 1. The molecule has 0 heterocycles. The summed E-state index contributed by atoms with van der Waals surface area (Å²) in [5, 5.41) is 0. The number of carbonyl (C=O) groups is 1. The van der Waals surface area contributed by atoms with Crippen molar-refractivity contribution in [3.05, 3.63) is 29.8 Å². The van der Waals surface area contributed by atoms with Gasteiger partial charge in [-0.2, -0.15) is 8.42 Å². The molecule has 0 aliphatic carbocycles. The summed E-state index contributed by atoms with van der Waals surface area (Å²) >= 11 is 0. The maximum absolute atomic E-state index is 10.7. The Labute approximate surface area is 116 Å². The van der Waals surface area contributed by atoms with Crippen LogP contribution in [0.4, 0.5) is 10.5 Å². The molecular weight excluding hydrogens is 288 g/mol. The molecule has 0 radical (unpaired) electrons. The van der Waals surface area contributed by atoms with Gasteiger partial charge in [-0.3, -0.25) is 14.5 Å². The van der Waals surface area contributed by atoms with Crippen molar-refractivity contribution in [3.8, 4) is 0 Å². The van der Waals surface area contributed by atoms with Gasteiger partial charge in [-0.1, -0.05) is 12.1 Å². The normalized spacial score (nSPS) is 10.7. The summed E-state index contributed by atoms with van der Waals surface area (Å²) in [5.74, 6) is 4.88. The summed E-state index contributed by atoms with van der Waals surface area (Å²) in [4.78, 5) is 16.3. The first-order valence-electron chi connectivity index (χ1n) is 5.15. The molecule has 20 heavy (non-hydrogen) atoms. The van der Waals surface area contributed by atoms with Gasteiger partial charge in [0.15, 0.2) is 0 Å². The molecule has 112 valence electrons.